The van der Waals surface area contributed by atoms with Gasteiger partial charge in [0.05, 0.1) is 18.3 Å². The van der Waals surface area contributed by atoms with Crippen LogP contribution in [-0.4, -0.2) is 32.0 Å². The number of carbonyl (C=O) groups is 1. The predicted octanol–water partition coefficient (Wildman–Crippen LogP) is 2.46. The van der Waals surface area contributed by atoms with Gasteiger partial charge in [-0.2, -0.15) is 0 Å². The van der Waals surface area contributed by atoms with Gasteiger partial charge in [0.25, 0.3) is 0 Å². The zero-order chi connectivity index (χ0) is 17.2. The summed E-state index contributed by atoms with van der Waals surface area (Å²) in [7, 11) is 0. The van der Waals surface area contributed by atoms with Crippen LogP contribution in [0.5, 0.6) is 0 Å². The normalized spacial score (nSPS) is 27.4. The highest BCUT2D eigenvalue weighted by Gasteiger charge is 2.31. The average molecular weight is 332 g/mol. The quantitative estimate of drug-likeness (QED) is 0.812. The van der Waals surface area contributed by atoms with Crippen molar-refractivity contribution in [2.24, 2.45) is 5.92 Å². The number of carbonyl (C=O) groups excluding carboxylic acids is 1. The maximum Gasteiger partial charge on any atom is 0.220 e. The van der Waals surface area contributed by atoms with Crippen molar-refractivity contribution in [3.05, 3.63) is 24.0 Å². The number of nitrogens with zero attached hydrogens (tertiary/aromatic N) is 3. The average Bonchev–Trinajstić information content (AvgIpc) is 3.18. The maximum absolute atomic E-state index is 12.4. The fraction of sp³-hybridized carbons (Fsp3) is 0.722. The Morgan fingerprint density at radius 1 is 1.38 bits per heavy atom. The second kappa shape index (κ2) is 7.05. The molecule has 0 saturated heterocycles. The third-order valence-electron chi connectivity index (χ3n) is 5.11. The smallest absolute Gasteiger partial charge is 0.220 e. The van der Waals surface area contributed by atoms with Gasteiger partial charge in [0.2, 0.25) is 5.91 Å². The number of hydrogen-bond donors (Lipinski definition) is 2. The SMILES string of the molecule is CC(C)(O)c1cn([C@@H]2CCCC[C@@H]2NC(=O)CC2C=CCC2)nn1. The van der Waals surface area contributed by atoms with Crippen LogP contribution in [0, 0.1) is 5.92 Å². The molecule has 1 aromatic heterocycles. The van der Waals surface area contributed by atoms with Crippen molar-refractivity contribution >= 4 is 5.91 Å². The minimum Gasteiger partial charge on any atom is -0.384 e. The lowest BCUT2D eigenvalue weighted by atomic mass is 9.90. The summed E-state index contributed by atoms with van der Waals surface area (Å²) >= 11 is 0. The van der Waals surface area contributed by atoms with Crippen LogP contribution >= 0.6 is 0 Å². The molecular weight excluding hydrogens is 304 g/mol. The molecule has 24 heavy (non-hydrogen) atoms. The van der Waals surface area contributed by atoms with Crippen molar-refractivity contribution in [3.63, 3.8) is 0 Å². The molecule has 1 saturated carbocycles. The van der Waals surface area contributed by atoms with E-state index in [0.717, 1.165) is 38.5 Å². The fourth-order valence-electron chi connectivity index (χ4n) is 3.68. The molecule has 1 unspecified atom stereocenters. The van der Waals surface area contributed by atoms with Crippen molar-refractivity contribution in [3.8, 4) is 0 Å². The number of aliphatic hydroxyl groups is 1. The summed E-state index contributed by atoms with van der Waals surface area (Å²) in [6.45, 7) is 3.41. The molecule has 132 valence electrons. The van der Waals surface area contributed by atoms with Gasteiger partial charge in [-0.25, -0.2) is 4.68 Å². The van der Waals surface area contributed by atoms with Crippen molar-refractivity contribution in [2.75, 3.05) is 0 Å². The van der Waals surface area contributed by atoms with E-state index in [4.69, 9.17) is 0 Å². The largest absolute Gasteiger partial charge is 0.384 e. The molecule has 1 aromatic rings. The van der Waals surface area contributed by atoms with E-state index in [1.165, 1.54) is 0 Å². The highest BCUT2D eigenvalue weighted by Crippen LogP contribution is 2.30. The minimum absolute atomic E-state index is 0.0907. The van der Waals surface area contributed by atoms with Crippen LogP contribution in [-0.2, 0) is 10.4 Å². The lowest BCUT2D eigenvalue weighted by Gasteiger charge is -2.32. The molecule has 6 heteroatoms. The summed E-state index contributed by atoms with van der Waals surface area (Å²) in [4.78, 5) is 12.4. The Balaban J connectivity index is 1.65. The molecule has 1 amide bonds. The first-order valence-corrected chi connectivity index (χ1v) is 9.04. The van der Waals surface area contributed by atoms with E-state index in [2.05, 4.69) is 27.8 Å². The first kappa shape index (κ1) is 17.1. The highest BCUT2D eigenvalue weighted by molar-refractivity contribution is 5.76. The molecule has 0 aromatic carbocycles. The van der Waals surface area contributed by atoms with E-state index < -0.39 is 5.60 Å². The monoisotopic (exact) mass is 332 g/mol. The number of aromatic nitrogens is 3. The van der Waals surface area contributed by atoms with Crippen LogP contribution in [0.1, 0.15) is 70.5 Å². The van der Waals surface area contributed by atoms with Crippen molar-refractivity contribution < 1.29 is 9.90 Å². The van der Waals surface area contributed by atoms with Crippen LogP contribution in [0.3, 0.4) is 0 Å². The Labute approximate surface area is 143 Å². The molecule has 0 radical (unpaired) electrons. The van der Waals surface area contributed by atoms with Gasteiger partial charge in [-0.15, -0.1) is 5.10 Å². The van der Waals surface area contributed by atoms with Crippen molar-refractivity contribution in [1.29, 1.82) is 0 Å². The fourth-order valence-corrected chi connectivity index (χ4v) is 3.68. The third-order valence-corrected chi connectivity index (χ3v) is 5.11. The van der Waals surface area contributed by atoms with Crippen LogP contribution in [0.4, 0.5) is 0 Å². The van der Waals surface area contributed by atoms with Gasteiger partial charge in [0, 0.05) is 6.42 Å². The van der Waals surface area contributed by atoms with Gasteiger partial charge >= 0.3 is 0 Å². The summed E-state index contributed by atoms with van der Waals surface area (Å²) in [6, 6.07) is 0.207. The van der Waals surface area contributed by atoms with Crippen molar-refractivity contribution in [2.45, 2.75) is 76.5 Å². The lowest BCUT2D eigenvalue weighted by molar-refractivity contribution is -0.123. The molecule has 2 aliphatic rings. The first-order chi connectivity index (χ1) is 11.4. The molecular formula is C18H28N4O2. The number of rotatable bonds is 5. The maximum atomic E-state index is 12.4. The minimum atomic E-state index is -1.000. The summed E-state index contributed by atoms with van der Waals surface area (Å²) in [5.74, 6) is 0.520. The standard InChI is InChI=1S/C18H28N4O2/c1-18(2,24)16-12-22(21-20-16)15-10-6-5-9-14(15)19-17(23)11-13-7-3-4-8-13/h3,7,12-15,24H,4-6,8-11H2,1-2H3,(H,19,23)/t13?,14-,15+/m0/s1. The summed E-state index contributed by atoms with van der Waals surface area (Å²) in [6.07, 6.45) is 13.1. The third kappa shape index (κ3) is 4.04. The predicted molar refractivity (Wildman–Crippen MR) is 91.2 cm³/mol. The van der Waals surface area contributed by atoms with Gasteiger partial charge in [-0.05, 0) is 45.4 Å². The Hall–Kier alpha value is -1.69. The first-order valence-electron chi connectivity index (χ1n) is 9.04. The van der Waals surface area contributed by atoms with E-state index in [1.807, 2.05) is 10.9 Å². The van der Waals surface area contributed by atoms with Crippen LogP contribution in [0.25, 0.3) is 0 Å². The van der Waals surface area contributed by atoms with Gasteiger partial charge in [-0.1, -0.05) is 30.2 Å². The zero-order valence-electron chi connectivity index (χ0n) is 14.6. The number of nitrogens with one attached hydrogen (secondary N) is 1. The van der Waals surface area contributed by atoms with E-state index in [9.17, 15) is 9.90 Å². The van der Waals surface area contributed by atoms with E-state index >= 15 is 0 Å². The molecule has 2 N–H and O–H groups in total. The molecule has 1 heterocycles. The summed E-state index contributed by atoms with van der Waals surface area (Å²) < 4.78 is 1.83. The van der Waals surface area contributed by atoms with Gasteiger partial charge in [0.15, 0.2) is 0 Å². The second-order valence-electron chi connectivity index (χ2n) is 7.64. The van der Waals surface area contributed by atoms with E-state index in [-0.39, 0.29) is 18.0 Å². The zero-order valence-corrected chi connectivity index (χ0v) is 14.6. The van der Waals surface area contributed by atoms with Crippen LogP contribution < -0.4 is 5.32 Å². The Morgan fingerprint density at radius 3 is 2.83 bits per heavy atom. The second-order valence-corrected chi connectivity index (χ2v) is 7.64. The molecule has 0 aliphatic heterocycles. The van der Waals surface area contributed by atoms with E-state index in [0.29, 0.717) is 18.0 Å². The molecule has 0 bridgehead atoms. The number of hydrogen-bond acceptors (Lipinski definition) is 4. The summed E-state index contributed by atoms with van der Waals surface area (Å²) in [5, 5.41) is 21.6. The molecule has 2 aliphatic carbocycles. The summed E-state index contributed by atoms with van der Waals surface area (Å²) in [5.41, 5.74) is -0.435. The molecule has 6 nitrogen and oxygen atoms in total. The van der Waals surface area contributed by atoms with E-state index in [1.54, 1.807) is 13.8 Å². The number of amides is 1. The topological polar surface area (TPSA) is 80.0 Å². The molecule has 3 rings (SSSR count). The molecule has 0 spiro atoms. The Bertz CT molecular complexity index is 602. The molecule has 1 fully saturated rings. The van der Waals surface area contributed by atoms with Gasteiger partial charge in [-0.3, -0.25) is 4.79 Å². The van der Waals surface area contributed by atoms with Crippen molar-refractivity contribution in [1.82, 2.24) is 20.3 Å². The Kier molecular flexibility index (Phi) is 5.04. The molecule has 3 atom stereocenters. The van der Waals surface area contributed by atoms with Crippen LogP contribution in [0.15, 0.2) is 18.3 Å². The number of allylic oxidation sites excluding steroid dienone is 2. The van der Waals surface area contributed by atoms with Crippen LogP contribution in [0.2, 0.25) is 0 Å². The Morgan fingerprint density at radius 2 is 2.17 bits per heavy atom. The lowest BCUT2D eigenvalue weighted by Crippen LogP contribution is -2.43. The highest BCUT2D eigenvalue weighted by atomic mass is 16.3. The van der Waals surface area contributed by atoms with Gasteiger partial charge in [0.1, 0.15) is 11.3 Å². The van der Waals surface area contributed by atoms with Gasteiger partial charge < -0.3 is 10.4 Å².